The first-order chi connectivity index (χ1) is 6.13. The minimum Gasteiger partial charge on any atom is -0.465 e. The Morgan fingerprint density at radius 3 is 2.31 bits per heavy atom. The quantitative estimate of drug-likeness (QED) is 0.680. The fraction of sp³-hybridized carbons (Fsp3) is 0.222. The predicted octanol–water partition coefficient (Wildman–Crippen LogP) is 1.51. The molecule has 0 radical (unpaired) electrons. The number of benzene rings is 1. The first-order valence-corrected chi connectivity index (χ1v) is 3.88. The zero-order valence-corrected chi connectivity index (χ0v) is 7.21. The maximum atomic E-state index is 10.7. The summed E-state index contributed by atoms with van der Waals surface area (Å²) in [5.41, 5.74) is 0.463. The van der Waals surface area contributed by atoms with Crippen LogP contribution < -0.4 is 4.90 Å². The Labute approximate surface area is 76.0 Å². The highest BCUT2D eigenvalue weighted by atomic mass is 16.4. The summed E-state index contributed by atoms with van der Waals surface area (Å²) in [6, 6.07) is 8.47. The number of aliphatic hydroxyl groups is 1. The van der Waals surface area contributed by atoms with Gasteiger partial charge in [-0.1, -0.05) is 18.2 Å². The molecule has 0 heterocycles. The van der Waals surface area contributed by atoms with Crippen molar-refractivity contribution in [1.29, 1.82) is 0 Å². The Kier molecular flexibility index (Phi) is 2.87. The van der Waals surface area contributed by atoms with Crippen LogP contribution in [0.15, 0.2) is 30.3 Å². The van der Waals surface area contributed by atoms with Crippen LogP contribution in [0.3, 0.4) is 0 Å². The number of rotatable bonds is 2. The van der Waals surface area contributed by atoms with Gasteiger partial charge in [0.25, 0.3) is 0 Å². The molecule has 2 N–H and O–H groups in total. The van der Waals surface area contributed by atoms with Gasteiger partial charge in [0.1, 0.15) is 6.23 Å². The molecule has 1 rings (SSSR count). The number of anilines is 1. The van der Waals surface area contributed by atoms with Gasteiger partial charge in [-0.2, -0.15) is 0 Å². The average molecular weight is 181 g/mol. The van der Waals surface area contributed by atoms with E-state index in [1.54, 1.807) is 30.3 Å². The van der Waals surface area contributed by atoms with E-state index in [9.17, 15) is 9.90 Å². The highest BCUT2D eigenvalue weighted by Gasteiger charge is 2.18. The lowest BCUT2D eigenvalue weighted by Crippen LogP contribution is -2.37. The van der Waals surface area contributed by atoms with Gasteiger partial charge in [0.2, 0.25) is 0 Å². The van der Waals surface area contributed by atoms with E-state index in [0.29, 0.717) is 5.69 Å². The summed E-state index contributed by atoms with van der Waals surface area (Å²) in [7, 11) is 0. The van der Waals surface area contributed by atoms with E-state index in [1.165, 1.54) is 6.92 Å². The van der Waals surface area contributed by atoms with Gasteiger partial charge in [-0.3, -0.25) is 4.90 Å². The van der Waals surface area contributed by atoms with Gasteiger partial charge < -0.3 is 10.2 Å². The number of carboxylic acid groups (broad SMARTS) is 1. The van der Waals surface area contributed by atoms with Crippen molar-refractivity contribution in [3.05, 3.63) is 30.3 Å². The van der Waals surface area contributed by atoms with E-state index in [0.717, 1.165) is 4.90 Å². The molecule has 4 heteroatoms. The van der Waals surface area contributed by atoms with Crippen molar-refractivity contribution in [2.75, 3.05) is 4.90 Å². The Hall–Kier alpha value is -1.55. The Balaban J connectivity index is 2.96. The van der Waals surface area contributed by atoms with E-state index >= 15 is 0 Å². The standard InChI is InChI=1S/C9H11NO3/c1-7(11)10(9(12)13)8-5-3-2-4-6-8/h2-7,11H,1H3,(H,12,13). The topological polar surface area (TPSA) is 60.8 Å². The summed E-state index contributed by atoms with van der Waals surface area (Å²) in [5.74, 6) is 0. The van der Waals surface area contributed by atoms with Crippen molar-refractivity contribution < 1.29 is 15.0 Å². The molecule has 0 saturated heterocycles. The van der Waals surface area contributed by atoms with Crippen LogP contribution in [0.2, 0.25) is 0 Å². The molecule has 0 aliphatic heterocycles. The van der Waals surface area contributed by atoms with Crippen molar-refractivity contribution in [1.82, 2.24) is 0 Å². The SMILES string of the molecule is CC(O)N(C(=O)O)c1ccccc1. The molecule has 0 saturated carbocycles. The van der Waals surface area contributed by atoms with Crippen molar-refractivity contribution in [3.63, 3.8) is 0 Å². The summed E-state index contributed by atoms with van der Waals surface area (Å²) in [5, 5.41) is 17.9. The minimum atomic E-state index is -1.17. The number of nitrogens with zero attached hydrogens (tertiary/aromatic N) is 1. The zero-order chi connectivity index (χ0) is 9.84. The maximum Gasteiger partial charge on any atom is 0.413 e. The second-order valence-electron chi connectivity index (χ2n) is 2.62. The highest BCUT2D eigenvalue weighted by molar-refractivity contribution is 5.86. The van der Waals surface area contributed by atoms with Crippen LogP contribution in [-0.2, 0) is 0 Å². The van der Waals surface area contributed by atoms with Gasteiger partial charge in [-0.25, -0.2) is 4.79 Å². The predicted molar refractivity (Wildman–Crippen MR) is 48.6 cm³/mol. The van der Waals surface area contributed by atoms with Crippen molar-refractivity contribution in [3.8, 4) is 0 Å². The molecule has 1 amide bonds. The first-order valence-electron chi connectivity index (χ1n) is 3.88. The molecular weight excluding hydrogens is 170 g/mol. The Morgan fingerprint density at radius 1 is 1.38 bits per heavy atom. The molecule has 4 nitrogen and oxygen atoms in total. The van der Waals surface area contributed by atoms with Crippen LogP contribution in [0.1, 0.15) is 6.92 Å². The second-order valence-corrected chi connectivity index (χ2v) is 2.62. The number of carbonyl (C=O) groups is 1. The zero-order valence-electron chi connectivity index (χ0n) is 7.21. The fourth-order valence-electron chi connectivity index (χ4n) is 1.07. The Bertz CT molecular complexity index is 284. The molecule has 1 aromatic rings. The van der Waals surface area contributed by atoms with E-state index in [-0.39, 0.29) is 0 Å². The average Bonchev–Trinajstić information content (AvgIpc) is 2.04. The largest absolute Gasteiger partial charge is 0.465 e. The van der Waals surface area contributed by atoms with Crippen LogP contribution in [-0.4, -0.2) is 22.5 Å². The molecule has 1 unspecified atom stereocenters. The third-order valence-corrected chi connectivity index (χ3v) is 1.61. The summed E-state index contributed by atoms with van der Waals surface area (Å²) < 4.78 is 0. The summed E-state index contributed by atoms with van der Waals surface area (Å²) in [6.07, 6.45) is -2.21. The highest BCUT2D eigenvalue weighted by Crippen LogP contribution is 2.15. The van der Waals surface area contributed by atoms with Crippen molar-refractivity contribution >= 4 is 11.8 Å². The second kappa shape index (κ2) is 3.91. The minimum absolute atomic E-state index is 0.463. The summed E-state index contributed by atoms with van der Waals surface area (Å²) >= 11 is 0. The van der Waals surface area contributed by atoms with Crippen LogP contribution in [0, 0.1) is 0 Å². The molecule has 0 aliphatic rings. The molecule has 0 spiro atoms. The lowest BCUT2D eigenvalue weighted by molar-refractivity contribution is 0.158. The normalized spacial score (nSPS) is 12.2. The monoisotopic (exact) mass is 181 g/mol. The lowest BCUT2D eigenvalue weighted by Gasteiger charge is -2.21. The van der Waals surface area contributed by atoms with E-state index < -0.39 is 12.3 Å². The molecular formula is C9H11NO3. The Morgan fingerprint density at radius 2 is 1.92 bits per heavy atom. The number of aliphatic hydroxyl groups excluding tert-OH is 1. The smallest absolute Gasteiger partial charge is 0.413 e. The lowest BCUT2D eigenvalue weighted by atomic mass is 10.3. The molecule has 0 fully saturated rings. The first kappa shape index (κ1) is 9.54. The van der Waals surface area contributed by atoms with E-state index in [2.05, 4.69) is 0 Å². The number of hydrogen-bond acceptors (Lipinski definition) is 2. The summed E-state index contributed by atoms with van der Waals surface area (Å²) in [4.78, 5) is 11.6. The number of hydrogen-bond donors (Lipinski definition) is 2. The summed E-state index contributed by atoms with van der Waals surface area (Å²) in [6.45, 7) is 1.40. The van der Waals surface area contributed by atoms with Crippen LogP contribution in [0.25, 0.3) is 0 Å². The van der Waals surface area contributed by atoms with Gasteiger partial charge in [0.05, 0.1) is 0 Å². The molecule has 0 aliphatic carbocycles. The molecule has 0 aromatic heterocycles. The third kappa shape index (κ3) is 2.19. The van der Waals surface area contributed by atoms with Gasteiger partial charge in [0, 0.05) is 5.69 Å². The van der Waals surface area contributed by atoms with Gasteiger partial charge in [-0.15, -0.1) is 0 Å². The van der Waals surface area contributed by atoms with E-state index in [4.69, 9.17) is 5.11 Å². The van der Waals surface area contributed by atoms with Gasteiger partial charge in [-0.05, 0) is 19.1 Å². The van der Waals surface area contributed by atoms with Gasteiger partial charge >= 0.3 is 6.09 Å². The number of amides is 1. The number of para-hydroxylation sites is 1. The van der Waals surface area contributed by atoms with Crippen molar-refractivity contribution in [2.24, 2.45) is 0 Å². The molecule has 13 heavy (non-hydrogen) atoms. The van der Waals surface area contributed by atoms with Crippen LogP contribution >= 0.6 is 0 Å². The molecule has 70 valence electrons. The molecule has 1 atom stereocenters. The third-order valence-electron chi connectivity index (χ3n) is 1.61. The maximum absolute atomic E-state index is 10.7. The van der Waals surface area contributed by atoms with Crippen molar-refractivity contribution in [2.45, 2.75) is 13.2 Å². The molecule has 0 bridgehead atoms. The van der Waals surface area contributed by atoms with Crippen LogP contribution in [0.5, 0.6) is 0 Å². The molecule has 1 aromatic carbocycles. The van der Waals surface area contributed by atoms with Crippen LogP contribution in [0.4, 0.5) is 10.5 Å². The van der Waals surface area contributed by atoms with Gasteiger partial charge in [0.15, 0.2) is 0 Å². The van der Waals surface area contributed by atoms with E-state index in [1.807, 2.05) is 0 Å². The fourth-order valence-corrected chi connectivity index (χ4v) is 1.07.